The van der Waals surface area contributed by atoms with E-state index in [0.717, 1.165) is 5.56 Å². The van der Waals surface area contributed by atoms with E-state index in [1.807, 2.05) is 13.0 Å². The van der Waals surface area contributed by atoms with Crippen molar-refractivity contribution in [3.8, 4) is 0 Å². The summed E-state index contributed by atoms with van der Waals surface area (Å²) in [6.45, 7) is 4.41. The molecule has 3 rings (SSSR count). The fourth-order valence-corrected chi connectivity index (χ4v) is 6.39. The van der Waals surface area contributed by atoms with Crippen LogP contribution in [-0.4, -0.2) is 61.4 Å². The van der Waals surface area contributed by atoms with Gasteiger partial charge in [0.1, 0.15) is 4.90 Å². The van der Waals surface area contributed by atoms with Gasteiger partial charge < -0.3 is 0 Å². The molecule has 2 heterocycles. The van der Waals surface area contributed by atoms with Gasteiger partial charge in [-0.2, -0.15) is 13.7 Å². The maximum Gasteiger partial charge on any atom is 0.246 e. The molecule has 0 unspecified atom stereocenters. The SMILES string of the molecule is Cc1ccc(C)c(S(=O)(=O)N2CCCN(S(=O)(=O)c3cnn(C)c3)CC2)c1. The Morgan fingerprint density at radius 3 is 2.15 bits per heavy atom. The number of aromatic nitrogens is 2. The van der Waals surface area contributed by atoms with Gasteiger partial charge in [0.25, 0.3) is 0 Å². The van der Waals surface area contributed by atoms with Crippen LogP contribution in [-0.2, 0) is 27.1 Å². The van der Waals surface area contributed by atoms with Crippen LogP contribution in [0.5, 0.6) is 0 Å². The third-order valence-corrected chi connectivity index (χ3v) is 8.59. The van der Waals surface area contributed by atoms with E-state index in [1.165, 1.54) is 25.7 Å². The van der Waals surface area contributed by atoms with E-state index in [1.54, 1.807) is 26.1 Å². The molecule has 0 N–H and O–H groups in total. The standard InChI is InChI=1S/C17H24N4O4S2/c1-14-5-6-15(2)17(11-14)27(24,25)21-8-4-7-20(9-10-21)26(22,23)16-12-18-19(3)13-16/h5-6,11-13H,4,7-10H2,1-3H3. The molecule has 1 aliphatic rings. The molecule has 10 heteroatoms. The van der Waals surface area contributed by atoms with Crippen molar-refractivity contribution in [1.82, 2.24) is 18.4 Å². The minimum atomic E-state index is -3.68. The van der Waals surface area contributed by atoms with Crippen molar-refractivity contribution >= 4 is 20.0 Å². The molecule has 27 heavy (non-hydrogen) atoms. The summed E-state index contributed by atoms with van der Waals surface area (Å²) < 4.78 is 55.9. The van der Waals surface area contributed by atoms with E-state index >= 15 is 0 Å². The summed E-state index contributed by atoms with van der Waals surface area (Å²) in [6.07, 6.45) is 3.19. The van der Waals surface area contributed by atoms with E-state index in [2.05, 4.69) is 5.10 Å². The molecule has 2 aromatic rings. The smallest absolute Gasteiger partial charge is 0.246 e. The number of rotatable bonds is 4. The maximum absolute atomic E-state index is 13.1. The lowest BCUT2D eigenvalue weighted by Gasteiger charge is -2.22. The molecular formula is C17H24N4O4S2. The predicted octanol–water partition coefficient (Wildman–Crippen LogP) is 1.12. The van der Waals surface area contributed by atoms with Crippen molar-refractivity contribution in [2.75, 3.05) is 26.2 Å². The normalized spacial score (nSPS) is 17.7. The Morgan fingerprint density at radius 2 is 1.56 bits per heavy atom. The molecular weight excluding hydrogens is 388 g/mol. The van der Waals surface area contributed by atoms with E-state index in [-0.39, 0.29) is 36.0 Å². The zero-order chi connectivity index (χ0) is 19.8. The highest BCUT2D eigenvalue weighted by Gasteiger charge is 2.32. The minimum Gasteiger partial charge on any atom is -0.274 e. The Bertz CT molecular complexity index is 1040. The fourth-order valence-electron chi connectivity index (χ4n) is 3.16. The van der Waals surface area contributed by atoms with Crippen LogP contribution in [0.4, 0.5) is 0 Å². The van der Waals surface area contributed by atoms with Crippen LogP contribution in [0.3, 0.4) is 0 Å². The number of hydrogen-bond donors (Lipinski definition) is 0. The van der Waals surface area contributed by atoms with Gasteiger partial charge in [-0.15, -0.1) is 0 Å². The second-order valence-corrected chi connectivity index (χ2v) is 10.6. The summed E-state index contributed by atoms with van der Waals surface area (Å²) in [5.41, 5.74) is 1.56. The van der Waals surface area contributed by atoms with Crippen LogP contribution in [0.2, 0.25) is 0 Å². The minimum absolute atomic E-state index is 0.112. The molecule has 0 atom stereocenters. The zero-order valence-electron chi connectivity index (χ0n) is 15.7. The van der Waals surface area contributed by atoms with Crippen molar-refractivity contribution < 1.29 is 16.8 Å². The molecule has 0 bridgehead atoms. The number of nitrogens with zero attached hydrogens (tertiary/aromatic N) is 4. The number of benzene rings is 1. The van der Waals surface area contributed by atoms with Gasteiger partial charge in [0, 0.05) is 39.4 Å². The Morgan fingerprint density at radius 1 is 0.926 bits per heavy atom. The van der Waals surface area contributed by atoms with Crippen LogP contribution < -0.4 is 0 Å². The van der Waals surface area contributed by atoms with E-state index in [0.29, 0.717) is 12.0 Å². The molecule has 1 aliphatic heterocycles. The van der Waals surface area contributed by atoms with E-state index in [9.17, 15) is 16.8 Å². The van der Waals surface area contributed by atoms with Crippen molar-refractivity contribution in [3.63, 3.8) is 0 Å². The Labute approximate surface area is 160 Å². The highest BCUT2D eigenvalue weighted by atomic mass is 32.2. The molecule has 0 spiro atoms. The first-order chi connectivity index (χ1) is 12.6. The van der Waals surface area contributed by atoms with Gasteiger partial charge in [-0.05, 0) is 37.5 Å². The monoisotopic (exact) mass is 412 g/mol. The number of sulfonamides is 2. The topological polar surface area (TPSA) is 92.6 Å². The van der Waals surface area contributed by atoms with Gasteiger partial charge in [0.15, 0.2) is 0 Å². The molecule has 8 nitrogen and oxygen atoms in total. The summed E-state index contributed by atoms with van der Waals surface area (Å²) in [5, 5.41) is 3.92. The van der Waals surface area contributed by atoms with Crippen molar-refractivity contribution in [1.29, 1.82) is 0 Å². The third-order valence-electron chi connectivity index (χ3n) is 4.69. The molecule has 0 radical (unpaired) electrons. The Hall–Kier alpha value is -1.75. The predicted molar refractivity (Wildman–Crippen MR) is 101 cm³/mol. The molecule has 0 aliphatic carbocycles. The molecule has 1 fully saturated rings. The lowest BCUT2D eigenvalue weighted by Crippen LogP contribution is -2.37. The van der Waals surface area contributed by atoms with Crippen molar-refractivity contribution in [2.24, 2.45) is 7.05 Å². The number of aryl methyl sites for hydroxylation is 3. The van der Waals surface area contributed by atoms with Crippen LogP contribution in [0.25, 0.3) is 0 Å². The van der Waals surface area contributed by atoms with Crippen molar-refractivity contribution in [2.45, 2.75) is 30.1 Å². The van der Waals surface area contributed by atoms with Crippen LogP contribution in [0, 0.1) is 13.8 Å². The summed E-state index contributed by atoms with van der Waals surface area (Å²) in [7, 11) is -5.70. The highest BCUT2D eigenvalue weighted by Crippen LogP contribution is 2.24. The summed E-state index contributed by atoms with van der Waals surface area (Å²) in [5.74, 6) is 0. The lowest BCUT2D eigenvalue weighted by atomic mass is 10.2. The summed E-state index contributed by atoms with van der Waals surface area (Å²) in [6, 6.07) is 5.33. The lowest BCUT2D eigenvalue weighted by molar-refractivity contribution is 0.404. The number of hydrogen-bond acceptors (Lipinski definition) is 5. The van der Waals surface area contributed by atoms with E-state index in [4.69, 9.17) is 0 Å². The molecule has 0 saturated carbocycles. The first-order valence-electron chi connectivity index (χ1n) is 8.68. The van der Waals surface area contributed by atoms with Gasteiger partial charge >= 0.3 is 0 Å². The summed E-state index contributed by atoms with van der Waals surface area (Å²) in [4.78, 5) is 0.405. The van der Waals surface area contributed by atoms with Gasteiger partial charge in [0.05, 0.1) is 11.1 Å². The molecule has 1 aromatic heterocycles. The second-order valence-electron chi connectivity index (χ2n) is 6.78. The average molecular weight is 413 g/mol. The maximum atomic E-state index is 13.1. The highest BCUT2D eigenvalue weighted by molar-refractivity contribution is 7.89. The summed E-state index contributed by atoms with van der Waals surface area (Å²) >= 11 is 0. The van der Waals surface area contributed by atoms with Crippen molar-refractivity contribution in [3.05, 3.63) is 41.7 Å². The van der Waals surface area contributed by atoms with Gasteiger partial charge in [-0.1, -0.05) is 12.1 Å². The first kappa shape index (κ1) is 20.0. The van der Waals surface area contributed by atoms with Crippen LogP contribution in [0.15, 0.2) is 40.4 Å². The quantitative estimate of drug-likeness (QED) is 0.750. The van der Waals surface area contributed by atoms with E-state index < -0.39 is 20.0 Å². The van der Waals surface area contributed by atoms with Gasteiger partial charge in [-0.25, -0.2) is 16.8 Å². The Kier molecular flexibility index (Phi) is 5.44. The van der Waals surface area contributed by atoms with Gasteiger partial charge in [0.2, 0.25) is 20.0 Å². The molecule has 148 valence electrons. The molecule has 0 amide bonds. The Balaban J connectivity index is 1.83. The van der Waals surface area contributed by atoms with Gasteiger partial charge in [-0.3, -0.25) is 4.68 Å². The largest absolute Gasteiger partial charge is 0.274 e. The molecule has 1 aromatic carbocycles. The zero-order valence-corrected chi connectivity index (χ0v) is 17.3. The fraction of sp³-hybridized carbons (Fsp3) is 0.471. The average Bonchev–Trinajstić information content (AvgIpc) is 2.89. The first-order valence-corrected chi connectivity index (χ1v) is 11.6. The third kappa shape index (κ3) is 3.93. The van der Waals surface area contributed by atoms with Crippen LogP contribution in [0.1, 0.15) is 17.5 Å². The van der Waals surface area contributed by atoms with Crippen LogP contribution >= 0.6 is 0 Å². The molecule has 1 saturated heterocycles. The second kappa shape index (κ2) is 7.34.